The number of halogens is 1. The highest BCUT2D eigenvalue weighted by Crippen LogP contribution is 2.31. The Labute approximate surface area is 167 Å². The van der Waals surface area contributed by atoms with E-state index in [0.29, 0.717) is 15.9 Å². The number of nitrogens with one attached hydrogen (secondary N) is 2. The van der Waals surface area contributed by atoms with Crippen molar-refractivity contribution >= 4 is 22.5 Å². The minimum atomic E-state index is -0.450. The Morgan fingerprint density at radius 3 is 2.71 bits per heavy atom. The zero-order valence-corrected chi connectivity index (χ0v) is 16.4. The van der Waals surface area contributed by atoms with E-state index in [4.69, 9.17) is 16.3 Å². The highest BCUT2D eigenvalue weighted by atomic mass is 35.5. The number of ether oxygens (including phenoxy) is 1. The lowest BCUT2D eigenvalue weighted by Crippen LogP contribution is -2.34. The van der Waals surface area contributed by atoms with Crippen LogP contribution in [-0.4, -0.2) is 28.7 Å². The Kier molecular flexibility index (Phi) is 5.24. The number of piperidine rings is 1. The highest BCUT2D eigenvalue weighted by molar-refractivity contribution is 6.30. The highest BCUT2D eigenvalue weighted by Gasteiger charge is 2.19. The van der Waals surface area contributed by atoms with E-state index in [1.54, 1.807) is 22.8 Å². The molecule has 0 atom stereocenters. The van der Waals surface area contributed by atoms with Crippen LogP contribution < -0.4 is 21.3 Å². The van der Waals surface area contributed by atoms with E-state index >= 15 is 0 Å². The summed E-state index contributed by atoms with van der Waals surface area (Å²) in [6, 6.07) is 10.8. The minimum absolute atomic E-state index is 0.129. The Morgan fingerprint density at radius 2 is 1.93 bits per heavy atom. The van der Waals surface area contributed by atoms with Crippen molar-refractivity contribution in [3.63, 3.8) is 0 Å². The van der Waals surface area contributed by atoms with Crippen LogP contribution in [0.5, 0.6) is 5.75 Å². The van der Waals surface area contributed by atoms with Crippen LogP contribution >= 0.6 is 11.6 Å². The van der Waals surface area contributed by atoms with E-state index in [0.717, 1.165) is 42.8 Å². The second-order valence-corrected chi connectivity index (χ2v) is 7.58. The van der Waals surface area contributed by atoms with Crippen molar-refractivity contribution in [2.45, 2.75) is 32.4 Å². The summed E-state index contributed by atoms with van der Waals surface area (Å²) in [5.41, 5.74) is 1.51. The van der Waals surface area contributed by atoms with Gasteiger partial charge in [0.05, 0.1) is 17.4 Å². The molecule has 28 heavy (non-hydrogen) atoms. The zero-order chi connectivity index (χ0) is 19.7. The summed E-state index contributed by atoms with van der Waals surface area (Å²) in [5, 5.41) is 4.39. The molecule has 1 fully saturated rings. The van der Waals surface area contributed by atoms with E-state index in [-0.39, 0.29) is 18.2 Å². The molecule has 0 aliphatic carbocycles. The molecule has 0 bridgehead atoms. The van der Waals surface area contributed by atoms with E-state index < -0.39 is 5.69 Å². The number of H-pyrrole nitrogens is 1. The van der Waals surface area contributed by atoms with Crippen LogP contribution in [0.15, 0.2) is 46.0 Å². The number of aromatic nitrogens is 2. The molecule has 2 heterocycles. The Morgan fingerprint density at radius 1 is 1.18 bits per heavy atom. The maximum atomic E-state index is 12.6. The number of rotatable bonds is 4. The smallest absolute Gasteiger partial charge is 0.329 e. The van der Waals surface area contributed by atoms with Gasteiger partial charge in [-0.1, -0.05) is 23.7 Å². The summed E-state index contributed by atoms with van der Waals surface area (Å²) in [7, 11) is 0. The van der Waals surface area contributed by atoms with Gasteiger partial charge in [0, 0.05) is 10.6 Å². The fraction of sp³-hybridized carbons (Fsp3) is 0.333. The van der Waals surface area contributed by atoms with Crippen molar-refractivity contribution in [1.82, 2.24) is 14.9 Å². The predicted octanol–water partition coefficient (Wildman–Crippen LogP) is 2.83. The maximum absolute atomic E-state index is 12.6. The van der Waals surface area contributed by atoms with Crippen molar-refractivity contribution in [3.05, 3.63) is 73.4 Å². The number of nitrogens with zero attached hydrogens (tertiary/aromatic N) is 1. The average molecular weight is 400 g/mol. The molecular weight excluding hydrogens is 378 g/mol. The molecule has 146 valence electrons. The van der Waals surface area contributed by atoms with E-state index in [9.17, 15) is 9.59 Å². The van der Waals surface area contributed by atoms with Crippen molar-refractivity contribution in [1.29, 1.82) is 0 Å². The molecule has 1 aliphatic rings. The van der Waals surface area contributed by atoms with Gasteiger partial charge in [-0.15, -0.1) is 0 Å². The van der Waals surface area contributed by atoms with Crippen molar-refractivity contribution in [2.75, 3.05) is 13.1 Å². The maximum Gasteiger partial charge on any atom is 0.329 e. The number of hydrogen-bond donors (Lipinski definition) is 2. The number of para-hydroxylation sites is 1. The lowest BCUT2D eigenvalue weighted by molar-refractivity contribution is 0.159. The second-order valence-electron chi connectivity index (χ2n) is 7.14. The van der Waals surface area contributed by atoms with Gasteiger partial charge < -0.3 is 10.1 Å². The first-order chi connectivity index (χ1) is 13.5. The van der Waals surface area contributed by atoms with Crippen LogP contribution in [0.25, 0.3) is 10.9 Å². The van der Waals surface area contributed by atoms with Gasteiger partial charge in [-0.2, -0.15) is 0 Å². The number of aromatic amines is 1. The fourth-order valence-electron chi connectivity index (χ4n) is 3.74. The predicted molar refractivity (Wildman–Crippen MR) is 111 cm³/mol. The molecular formula is C21H22ClN3O3. The van der Waals surface area contributed by atoms with Crippen LogP contribution in [-0.2, 0) is 6.54 Å². The molecule has 7 heteroatoms. The lowest BCUT2D eigenvalue weighted by atomic mass is 10.1. The SMILES string of the molecule is Cc1cc(Cl)cc(Cn2c(=O)[nH]c(=O)c3ccccc32)c1OC1CCNCC1. The summed E-state index contributed by atoms with van der Waals surface area (Å²) >= 11 is 6.30. The van der Waals surface area contributed by atoms with Crippen LogP contribution in [0.2, 0.25) is 5.02 Å². The molecule has 0 unspecified atom stereocenters. The molecule has 0 amide bonds. The van der Waals surface area contributed by atoms with Crippen LogP contribution in [0.1, 0.15) is 24.0 Å². The van der Waals surface area contributed by atoms with Gasteiger partial charge in [-0.05, 0) is 62.7 Å². The molecule has 1 aromatic heterocycles. The van der Waals surface area contributed by atoms with E-state index in [1.165, 1.54) is 0 Å². The summed E-state index contributed by atoms with van der Waals surface area (Å²) in [4.78, 5) is 27.1. The van der Waals surface area contributed by atoms with Crippen LogP contribution in [0.3, 0.4) is 0 Å². The van der Waals surface area contributed by atoms with Gasteiger partial charge >= 0.3 is 5.69 Å². The summed E-state index contributed by atoms with van der Waals surface area (Å²) in [6.45, 7) is 4.07. The third kappa shape index (κ3) is 3.70. The molecule has 2 N–H and O–H groups in total. The first-order valence-electron chi connectivity index (χ1n) is 9.41. The summed E-state index contributed by atoms with van der Waals surface area (Å²) < 4.78 is 7.89. The Bertz CT molecular complexity index is 1130. The molecule has 1 saturated heterocycles. The molecule has 2 aromatic carbocycles. The van der Waals surface area contributed by atoms with Gasteiger partial charge in [0.15, 0.2) is 0 Å². The topological polar surface area (TPSA) is 76.1 Å². The molecule has 6 nitrogen and oxygen atoms in total. The standard InChI is InChI=1S/C21H22ClN3O3/c1-13-10-15(22)11-14(19(13)28-16-6-8-23-9-7-16)12-25-18-5-3-2-4-17(18)20(26)24-21(25)27/h2-5,10-11,16,23H,6-9,12H2,1H3,(H,24,26,27). The Hall–Kier alpha value is -2.57. The van der Waals surface area contributed by atoms with Gasteiger partial charge in [-0.3, -0.25) is 14.3 Å². The number of hydrogen-bond acceptors (Lipinski definition) is 4. The second kappa shape index (κ2) is 7.81. The van der Waals surface area contributed by atoms with Crippen LogP contribution in [0, 0.1) is 6.92 Å². The summed E-state index contributed by atoms with van der Waals surface area (Å²) in [5.74, 6) is 0.762. The molecule has 0 saturated carbocycles. The lowest BCUT2D eigenvalue weighted by Gasteiger charge is -2.26. The number of fused-ring (bicyclic) bond motifs is 1. The number of benzene rings is 2. The third-order valence-electron chi connectivity index (χ3n) is 5.12. The first-order valence-corrected chi connectivity index (χ1v) is 9.79. The zero-order valence-electron chi connectivity index (χ0n) is 15.6. The Balaban J connectivity index is 1.79. The largest absolute Gasteiger partial charge is 0.490 e. The normalized spacial score (nSPS) is 15.1. The summed E-state index contributed by atoms with van der Waals surface area (Å²) in [6.07, 6.45) is 2.00. The number of aryl methyl sites for hydroxylation is 1. The van der Waals surface area contributed by atoms with Crippen LogP contribution in [0.4, 0.5) is 0 Å². The van der Waals surface area contributed by atoms with Gasteiger partial charge in [0.1, 0.15) is 11.9 Å². The molecule has 3 aromatic rings. The average Bonchev–Trinajstić information content (AvgIpc) is 2.68. The van der Waals surface area contributed by atoms with Crippen molar-refractivity contribution in [2.24, 2.45) is 0 Å². The monoisotopic (exact) mass is 399 g/mol. The molecule has 1 aliphatic heterocycles. The van der Waals surface area contributed by atoms with Gasteiger partial charge in [-0.25, -0.2) is 4.79 Å². The molecule has 0 radical (unpaired) electrons. The van der Waals surface area contributed by atoms with E-state index in [1.807, 2.05) is 25.1 Å². The van der Waals surface area contributed by atoms with Gasteiger partial charge in [0.25, 0.3) is 5.56 Å². The first kappa shape index (κ1) is 18.8. The minimum Gasteiger partial charge on any atom is -0.490 e. The van der Waals surface area contributed by atoms with Gasteiger partial charge in [0.2, 0.25) is 0 Å². The third-order valence-corrected chi connectivity index (χ3v) is 5.34. The molecule has 4 rings (SSSR count). The quantitative estimate of drug-likeness (QED) is 0.707. The fourth-order valence-corrected chi connectivity index (χ4v) is 4.03. The van der Waals surface area contributed by atoms with E-state index in [2.05, 4.69) is 10.3 Å². The van der Waals surface area contributed by atoms with Crippen molar-refractivity contribution in [3.8, 4) is 5.75 Å². The molecule has 0 spiro atoms. The van der Waals surface area contributed by atoms with Crippen molar-refractivity contribution < 1.29 is 4.74 Å².